The maximum atomic E-state index is 13.4. The molecule has 2 heterocycles. The van der Waals surface area contributed by atoms with Gasteiger partial charge in [-0.05, 0) is 67.6 Å². The first-order valence-corrected chi connectivity index (χ1v) is 14.2. The number of nitrogens with zero attached hydrogens (tertiary/aromatic N) is 3. The number of morpholine rings is 1. The molecule has 0 N–H and O–H groups in total. The van der Waals surface area contributed by atoms with Crippen LogP contribution in [0.5, 0.6) is 11.5 Å². The molecule has 1 aliphatic heterocycles. The van der Waals surface area contributed by atoms with Crippen molar-refractivity contribution in [3.05, 3.63) is 72.6 Å². The average Bonchev–Trinajstić information content (AvgIpc) is 3.46. The molecule has 1 aliphatic carbocycles. The molecule has 0 bridgehead atoms. The number of rotatable bonds is 9. The molecular weight excluding hydrogens is 490 g/mol. The standard InChI is InChI=1S/C28H33N3O5S/c1-34-27-12-11-24(19-28(27)36-25-8-2-3-9-25)31(21-22-6-5-13-29-20-22)23-7-4-10-26(18-23)37(32,33)30-14-16-35-17-15-30/h4-7,10-13,18-20,25H,2-3,8-9,14-17,21H2,1H3. The highest BCUT2D eigenvalue weighted by atomic mass is 32.2. The average molecular weight is 524 g/mol. The van der Waals surface area contributed by atoms with E-state index < -0.39 is 10.0 Å². The third kappa shape index (κ3) is 5.89. The lowest BCUT2D eigenvalue weighted by Crippen LogP contribution is -2.40. The summed E-state index contributed by atoms with van der Waals surface area (Å²) in [7, 11) is -2.00. The van der Waals surface area contributed by atoms with Crippen molar-refractivity contribution in [2.75, 3.05) is 38.3 Å². The second-order valence-corrected chi connectivity index (χ2v) is 11.3. The molecule has 2 fully saturated rings. The highest BCUT2D eigenvalue weighted by Crippen LogP contribution is 2.38. The summed E-state index contributed by atoms with van der Waals surface area (Å²) in [6.07, 6.45) is 8.15. The van der Waals surface area contributed by atoms with Crippen molar-refractivity contribution in [3.63, 3.8) is 0 Å². The van der Waals surface area contributed by atoms with Gasteiger partial charge in [0.05, 0.1) is 31.3 Å². The monoisotopic (exact) mass is 523 g/mol. The zero-order valence-corrected chi connectivity index (χ0v) is 21.9. The molecule has 0 amide bonds. The molecule has 0 unspecified atom stereocenters. The number of sulfonamides is 1. The van der Waals surface area contributed by atoms with Gasteiger partial charge in [-0.1, -0.05) is 12.1 Å². The number of ether oxygens (including phenoxy) is 3. The van der Waals surface area contributed by atoms with Gasteiger partial charge in [0, 0.05) is 49.5 Å². The summed E-state index contributed by atoms with van der Waals surface area (Å²) >= 11 is 0. The van der Waals surface area contributed by atoms with Gasteiger partial charge in [0.1, 0.15) is 0 Å². The van der Waals surface area contributed by atoms with Gasteiger partial charge in [0.15, 0.2) is 11.5 Å². The minimum Gasteiger partial charge on any atom is -0.493 e. The van der Waals surface area contributed by atoms with Gasteiger partial charge in [0.2, 0.25) is 10.0 Å². The second-order valence-electron chi connectivity index (χ2n) is 9.32. The minimum atomic E-state index is -3.64. The molecule has 0 spiro atoms. The number of hydrogen-bond donors (Lipinski definition) is 0. The van der Waals surface area contributed by atoms with Crippen LogP contribution in [0, 0.1) is 0 Å². The fourth-order valence-electron chi connectivity index (χ4n) is 4.86. The van der Waals surface area contributed by atoms with Crippen LogP contribution in [0.3, 0.4) is 0 Å². The third-order valence-corrected chi connectivity index (χ3v) is 8.75. The summed E-state index contributed by atoms with van der Waals surface area (Å²) in [5, 5.41) is 0. The van der Waals surface area contributed by atoms with Crippen molar-refractivity contribution >= 4 is 21.4 Å². The van der Waals surface area contributed by atoms with Crippen LogP contribution in [-0.4, -0.2) is 57.2 Å². The van der Waals surface area contributed by atoms with E-state index in [1.165, 1.54) is 17.1 Å². The van der Waals surface area contributed by atoms with Gasteiger partial charge < -0.3 is 19.1 Å². The van der Waals surface area contributed by atoms with Gasteiger partial charge in [-0.3, -0.25) is 4.98 Å². The molecular formula is C28H33N3O5S. The van der Waals surface area contributed by atoms with Crippen molar-refractivity contribution in [1.29, 1.82) is 0 Å². The number of pyridine rings is 1. The van der Waals surface area contributed by atoms with Gasteiger partial charge >= 0.3 is 0 Å². The van der Waals surface area contributed by atoms with E-state index in [0.29, 0.717) is 44.3 Å². The smallest absolute Gasteiger partial charge is 0.243 e. The van der Waals surface area contributed by atoms with E-state index in [2.05, 4.69) is 9.88 Å². The number of hydrogen-bond acceptors (Lipinski definition) is 7. The lowest BCUT2D eigenvalue weighted by Gasteiger charge is -2.28. The second kappa shape index (κ2) is 11.5. The molecule has 3 aromatic rings. The normalized spacial score (nSPS) is 17.0. The summed E-state index contributed by atoms with van der Waals surface area (Å²) in [5.74, 6) is 1.38. The Morgan fingerprint density at radius 2 is 1.78 bits per heavy atom. The number of anilines is 2. The van der Waals surface area contributed by atoms with E-state index in [1.807, 2.05) is 42.6 Å². The van der Waals surface area contributed by atoms with Crippen molar-refractivity contribution in [1.82, 2.24) is 9.29 Å². The van der Waals surface area contributed by atoms with E-state index in [0.717, 1.165) is 29.8 Å². The first-order chi connectivity index (χ1) is 18.0. The first kappa shape index (κ1) is 25.5. The molecule has 1 aromatic heterocycles. The number of benzene rings is 2. The molecule has 2 aromatic carbocycles. The largest absolute Gasteiger partial charge is 0.493 e. The maximum absolute atomic E-state index is 13.4. The molecule has 0 atom stereocenters. The summed E-state index contributed by atoms with van der Waals surface area (Å²) in [6.45, 7) is 2.02. The Labute approximate surface area is 218 Å². The number of aromatic nitrogens is 1. The molecule has 1 saturated carbocycles. The van der Waals surface area contributed by atoms with Gasteiger partial charge in [-0.15, -0.1) is 0 Å². The summed E-state index contributed by atoms with van der Waals surface area (Å²) in [5.41, 5.74) is 2.63. The maximum Gasteiger partial charge on any atom is 0.243 e. The van der Waals surface area contributed by atoms with E-state index in [1.54, 1.807) is 31.5 Å². The molecule has 8 nitrogen and oxygen atoms in total. The van der Waals surface area contributed by atoms with Crippen molar-refractivity contribution in [2.24, 2.45) is 0 Å². The highest BCUT2D eigenvalue weighted by molar-refractivity contribution is 7.89. The number of methoxy groups -OCH3 is 1. The zero-order valence-electron chi connectivity index (χ0n) is 21.1. The summed E-state index contributed by atoms with van der Waals surface area (Å²) < 4.78 is 45.6. The summed E-state index contributed by atoms with van der Waals surface area (Å²) in [4.78, 5) is 6.61. The van der Waals surface area contributed by atoms with Crippen LogP contribution < -0.4 is 14.4 Å². The summed E-state index contributed by atoms with van der Waals surface area (Å²) in [6, 6.07) is 16.9. The van der Waals surface area contributed by atoms with E-state index in [-0.39, 0.29) is 11.0 Å². The Morgan fingerprint density at radius 3 is 2.51 bits per heavy atom. The van der Waals surface area contributed by atoms with Crippen LogP contribution in [0.25, 0.3) is 0 Å². The molecule has 196 valence electrons. The van der Waals surface area contributed by atoms with Gasteiger partial charge in [-0.25, -0.2) is 8.42 Å². The van der Waals surface area contributed by atoms with Crippen LogP contribution in [-0.2, 0) is 21.3 Å². The van der Waals surface area contributed by atoms with E-state index in [4.69, 9.17) is 14.2 Å². The molecule has 2 aliphatic rings. The van der Waals surface area contributed by atoms with Crippen LogP contribution in [0.15, 0.2) is 71.9 Å². The van der Waals surface area contributed by atoms with E-state index in [9.17, 15) is 8.42 Å². The Morgan fingerprint density at radius 1 is 1.00 bits per heavy atom. The molecule has 5 rings (SSSR count). The third-order valence-electron chi connectivity index (χ3n) is 6.86. The Bertz CT molecular complexity index is 1290. The van der Waals surface area contributed by atoms with Crippen molar-refractivity contribution < 1.29 is 22.6 Å². The van der Waals surface area contributed by atoms with Crippen molar-refractivity contribution in [3.8, 4) is 11.5 Å². The zero-order chi connectivity index (χ0) is 25.7. The SMILES string of the molecule is COc1ccc(N(Cc2cccnc2)c2cccc(S(=O)(=O)N3CCOCC3)c2)cc1OC1CCCC1. The molecule has 1 saturated heterocycles. The molecule has 37 heavy (non-hydrogen) atoms. The first-order valence-electron chi connectivity index (χ1n) is 12.7. The highest BCUT2D eigenvalue weighted by Gasteiger charge is 2.27. The lowest BCUT2D eigenvalue weighted by molar-refractivity contribution is 0.0730. The minimum absolute atomic E-state index is 0.179. The Balaban J connectivity index is 1.53. The van der Waals surface area contributed by atoms with Crippen LogP contribution >= 0.6 is 0 Å². The van der Waals surface area contributed by atoms with Gasteiger partial charge in [-0.2, -0.15) is 4.31 Å². The predicted molar refractivity (Wildman–Crippen MR) is 142 cm³/mol. The van der Waals surface area contributed by atoms with Crippen molar-refractivity contribution in [2.45, 2.75) is 43.2 Å². The molecule has 9 heteroatoms. The van der Waals surface area contributed by atoms with Gasteiger partial charge in [0.25, 0.3) is 0 Å². The molecule has 0 radical (unpaired) electrons. The Kier molecular flexibility index (Phi) is 7.93. The van der Waals surface area contributed by atoms with E-state index >= 15 is 0 Å². The van der Waals surface area contributed by atoms with Crippen LogP contribution in [0.1, 0.15) is 31.2 Å². The fraction of sp³-hybridized carbons (Fsp3) is 0.393. The fourth-order valence-corrected chi connectivity index (χ4v) is 6.31. The quantitative estimate of drug-likeness (QED) is 0.400. The lowest BCUT2D eigenvalue weighted by atomic mass is 10.1. The Hall–Kier alpha value is -3.14. The topological polar surface area (TPSA) is 81.2 Å². The van der Waals surface area contributed by atoms with Crippen LogP contribution in [0.2, 0.25) is 0 Å². The van der Waals surface area contributed by atoms with Crippen LogP contribution in [0.4, 0.5) is 11.4 Å². The predicted octanol–water partition coefficient (Wildman–Crippen LogP) is 4.77.